The Morgan fingerprint density at radius 2 is 1.38 bits per heavy atom. The molecule has 2 aromatic carbocycles. The van der Waals surface area contributed by atoms with Crippen molar-refractivity contribution in [1.29, 1.82) is 0 Å². The molecule has 1 N–H and O–H groups in total. The van der Waals surface area contributed by atoms with Crippen LogP contribution in [0, 0.1) is 6.92 Å². The van der Waals surface area contributed by atoms with Gasteiger partial charge in [0.15, 0.2) is 0 Å². The molecule has 0 heterocycles. The predicted octanol–water partition coefficient (Wildman–Crippen LogP) is 7.56. The van der Waals surface area contributed by atoms with Gasteiger partial charge in [0.1, 0.15) is 0 Å². The van der Waals surface area contributed by atoms with Crippen molar-refractivity contribution in [3.8, 4) is 0 Å². The number of benzene rings is 2. The number of nitrogens with zero attached hydrogens (tertiary/aromatic N) is 1. The highest BCUT2D eigenvalue weighted by molar-refractivity contribution is 5.90. The lowest BCUT2D eigenvalue weighted by Gasteiger charge is -2.24. The topological polar surface area (TPSA) is 32.3 Å². The van der Waals surface area contributed by atoms with Gasteiger partial charge in [-0.2, -0.15) is 0 Å². The van der Waals surface area contributed by atoms with Crippen molar-refractivity contribution < 1.29 is 4.79 Å². The smallest absolute Gasteiger partial charge is 0.320 e. The van der Waals surface area contributed by atoms with Crippen molar-refractivity contribution in [3.63, 3.8) is 0 Å². The number of para-hydroxylation sites is 1. The predicted molar refractivity (Wildman–Crippen MR) is 124 cm³/mol. The summed E-state index contributed by atoms with van der Waals surface area (Å²) in [6.45, 7) is 5.73. The number of hydrogen-bond donors (Lipinski definition) is 1. The summed E-state index contributed by atoms with van der Waals surface area (Å²) in [6.07, 6.45) is 11.6. The van der Waals surface area contributed by atoms with E-state index in [1.807, 2.05) is 54.3 Å². The Kier molecular flexibility index (Phi) is 11.0. The summed E-state index contributed by atoms with van der Waals surface area (Å²) in [5, 5.41) is 3.10. The second kappa shape index (κ2) is 13.8. The molecule has 0 saturated carbocycles. The van der Waals surface area contributed by atoms with Gasteiger partial charge in [-0.25, -0.2) is 4.79 Å². The molecule has 2 rings (SSSR count). The molecular formula is C26H38N2O. The highest BCUT2D eigenvalue weighted by atomic mass is 16.2. The van der Waals surface area contributed by atoms with Crippen molar-refractivity contribution in [2.75, 3.05) is 11.9 Å². The van der Waals surface area contributed by atoms with Crippen molar-refractivity contribution in [2.45, 2.75) is 78.2 Å². The van der Waals surface area contributed by atoms with E-state index in [0.717, 1.165) is 24.2 Å². The van der Waals surface area contributed by atoms with Crippen LogP contribution in [-0.4, -0.2) is 17.5 Å². The van der Waals surface area contributed by atoms with E-state index in [-0.39, 0.29) is 6.03 Å². The van der Waals surface area contributed by atoms with Crippen LogP contribution in [0.1, 0.15) is 75.8 Å². The van der Waals surface area contributed by atoms with E-state index in [1.54, 1.807) is 0 Å². The molecule has 158 valence electrons. The highest BCUT2D eigenvalue weighted by Crippen LogP contribution is 2.16. The van der Waals surface area contributed by atoms with Crippen LogP contribution in [0.3, 0.4) is 0 Å². The summed E-state index contributed by atoms with van der Waals surface area (Å²) in [4.78, 5) is 14.9. The number of amides is 2. The number of anilines is 1. The van der Waals surface area contributed by atoms with Crippen LogP contribution < -0.4 is 5.32 Å². The fourth-order valence-electron chi connectivity index (χ4n) is 3.58. The number of unbranched alkanes of at least 4 members (excludes halogenated alkanes) is 8. The molecule has 0 atom stereocenters. The molecule has 3 nitrogen and oxygen atoms in total. The first-order chi connectivity index (χ1) is 14.2. The molecule has 0 saturated heterocycles. The van der Waals surface area contributed by atoms with Crippen molar-refractivity contribution >= 4 is 11.7 Å². The van der Waals surface area contributed by atoms with Gasteiger partial charge in [-0.15, -0.1) is 0 Å². The molecule has 0 bridgehead atoms. The normalized spacial score (nSPS) is 10.7. The molecule has 0 aliphatic rings. The summed E-state index contributed by atoms with van der Waals surface area (Å²) >= 11 is 0. The number of nitrogens with one attached hydrogen (secondary N) is 1. The molecule has 2 aromatic rings. The first-order valence-corrected chi connectivity index (χ1v) is 11.4. The molecule has 2 amide bonds. The molecule has 0 aliphatic carbocycles. The van der Waals surface area contributed by atoms with Gasteiger partial charge >= 0.3 is 6.03 Å². The summed E-state index contributed by atoms with van der Waals surface area (Å²) in [6, 6.07) is 18.2. The van der Waals surface area contributed by atoms with Gasteiger partial charge in [-0.3, -0.25) is 0 Å². The Hall–Kier alpha value is -2.29. The Balaban J connectivity index is 1.81. The maximum absolute atomic E-state index is 13.0. The van der Waals surface area contributed by atoms with Gasteiger partial charge in [-0.1, -0.05) is 107 Å². The van der Waals surface area contributed by atoms with Crippen LogP contribution in [0.2, 0.25) is 0 Å². The molecule has 0 aliphatic heterocycles. The molecule has 0 spiro atoms. The second-order valence-electron chi connectivity index (χ2n) is 7.98. The summed E-state index contributed by atoms with van der Waals surface area (Å²) < 4.78 is 0. The van der Waals surface area contributed by atoms with Crippen molar-refractivity contribution in [2.24, 2.45) is 0 Å². The monoisotopic (exact) mass is 394 g/mol. The fraction of sp³-hybridized carbons (Fsp3) is 0.500. The maximum atomic E-state index is 13.0. The average Bonchev–Trinajstić information content (AvgIpc) is 2.74. The molecule has 0 radical (unpaired) electrons. The lowest BCUT2D eigenvalue weighted by molar-refractivity contribution is 0.207. The van der Waals surface area contributed by atoms with E-state index >= 15 is 0 Å². The zero-order chi connectivity index (χ0) is 20.7. The number of rotatable bonds is 13. The first kappa shape index (κ1) is 23.0. The van der Waals surface area contributed by atoms with Crippen LogP contribution in [0.25, 0.3) is 0 Å². The van der Waals surface area contributed by atoms with E-state index in [1.165, 1.54) is 56.9 Å². The maximum Gasteiger partial charge on any atom is 0.322 e. The van der Waals surface area contributed by atoms with Crippen LogP contribution in [-0.2, 0) is 6.54 Å². The lowest BCUT2D eigenvalue weighted by Crippen LogP contribution is -2.35. The third kappa shape index (κ3) is 9.17. The zero-order valence-corrected chi connectivity index (χ0v) is 18.3. The van der Waals surface area contributed by atoms with Gasteiger partial charge in [0, 0.05) is 18.8 Å². The molecule has 0 aromatic heterocycles. The van der Waals surface area contributed by atoms with Crippen molar-refractivity contribution in [1.82, 2.24) is 4.90 Å². The van der Waals surface area contributed by atoms with E-state index in [0.29, 0.717) is 6.54 Å². The minimum Gasteiger partial charge on any atom is -0.320 e. The minimum atomic E-state index is -0.0114. The van der Waals surface area contributed by atoms with Crippen LogP contribution in [0.4, 0.5) is 10.5 Å². The molecule has 0 fully saturated rings. The third-order valence-corrected chi connectivity index (χ3v) is 5.42. The third-order valence-electron chi connectivity index (χ3n) is 5.42. The summed E-state index contributed by atoms with van der Waals surface area (Å²) in [5.41, 5.74) is 3.15. The second-order valence-corrected chi connectivity index (χ2v) is 7.98. The van der Waals surface area contributed by atoms with E-state index in [4.69, 9.17) is 0 Å². The SMILES string of the molecule is CCCCCCCCCCCN(Cc1ccccc1)C(=O)Nc1ccccc1C. The van der Waals surface area contributed by atoms with Crippen LogP contribution >= 0.6 is 0 Å². The first-order valence-electron chi connectivity index (χ1n) is 11.4. The van der Waals surface area contributed by atoms with Crippen LogP contribution in [0.5, 0.6) is 0 Å². The zero-order valence-electron chi connectivity index (χ0n) is 18.3. The van der Waals surface area contributed by atoms with Crippen LogP contribution in [0.15, 0.2) is 54.6 Å². The minimum absolute atomic E-state index is 0.0114. The van der Waals surface area contributed by atoms with Gasteiger partial charge in [0.05, 0.1) is 0 Å². The Labute approximate surface area is 177 Å². The standard InChI is InChI=1S/C26H38N2O/c1-3-4-5-6-7-8-9-10-16-21-28(22-24-18-12-11-13-19-24)26(29)27-25-20-15-14-17-23(25)2/h11-15,17-20H,3-10,16,21-22H2,1-2H3,(H,27,29). The number of carbonyl (C=O) groups excluding carboxylic acids is 1. The summed E-state index contributed by atoms with van der Waals surface area (Å²) in [7, 11) is 0. The number of urea groups is 1. The van der Waals surface area contributed by atoms with E-state index in [2.05, 4.69) is 24.4 Å². The highest BCUT2D eigenvalue weighted by Gasteiger charge is 2.14. The fourth-order valence-corrected chi connectivity index (χ4v) is 3.58. The van der Waals surface area contributed by atoms with Gasteiger partial charge in [-0.05, 0) is 30.5 Å². The van der Waals surface area contributed by atoms with Gasteiger partial charge in [0.2, 0.25) is 0 Å². The quantitative estimate of drug-likeness (QED) is 0.349. The number of hydrogen-bond acceptors (Lipinski definition) is 1. The molecular weight excluding hydrogens is 356 g/mol. The van der Waals surface area contributed by atoms with Gasteiger partial charge < -0.3 is 10.2 Å². The van der Waals surface area contributed by atoms with E-state index in [9.17, 15) is 4.79 Å². The lowest BCUT2D eigenvalue weighted by atomic mass is 10.1. The number of carbonyl (C=O) groups is 1. The summed E-state index contributed by atoms with van der Waals surface area (Å²) in [5.74, 6) is 0. The molecule has 3 heteroatoms. The Bertz CT molecular complexity index is 699. The molecule has 29 heavy (non-hydrogen) atoms. The average molecular weight is 395 g/mol. The largest absolute Gasteiger partial charge is 0.322 e. The Morgan fingerprint density at radius 3 is 2.03 bits per heavy atom. The van der Waals surface area contributed by atoms with Gasteiger partial charge in [0.25, 0.3) is 0 Å². The number of aryl methyl sites for hydroxylation is 1. The van der Waals surface area contributed by atoms with E-state index < -0.39 is 0 Å². The Morgan fingerprint density at radius 1 is 0.793 bits per heavy atom. The van der Waals surface area contributed by atoms with Crippen molar-refractivity contribution in [3.05, 3.63) is 65.7 Å². The molecule has 0 unspecified atom stereocenters.